The Morgan fingerprint density at radius 1 is 1.38 bits per heavy atom. The highest BCUT2D eigenvalue weighted by Gasteiger charge is 2.00. The third kappa shape index (κ3) is 2.46. The fraction of sp³-hybridized carbons (Fsp3) is 0.300. The normalized spacial score (nSPS) is 11.8. The average molecular weight is 197 g/mol. The van der Waals surface area contributed by atoms with Crippen molar-refractivity contribution < 1.29 is 0 Å². The number of alkyl halides is 1. The molecule has 0 atom stereocenters. The zero-order chi connectivity index (χ0) is 9.84. The van der Waals surface area contributed by atoms with E-state index in [0.29, 0.717) is 5.84 Å². The monoisotopic (exact) mass is 196 g/mol. The highest BCUT2D eigenvalue weighted by Crippen LogP contribution is 2.22. The molecule has 1 aromatic carbocycles. The minimum absolute atomic E-state index is 0.272. The molecule has 1 rings (SSSR count). The molecule has 0 heterocycles. The molecule has 1 aromatic rings. The second kappa shape index (κ2) is 4.28. The van der Waals surface area contributed by atoms with E-state index in [1.54, 1.807) is 0 Å². The Balaban J connectivity index is 3.14. The zero-order valence-corrected chi connectivity index (χ0v) is 8.60. The number of hydrogen-bond acceptors (Lipinski definition) is 1. The molecule has 0 amide bonds. The van der Waals surface area contributed by atoms with E-state index in [0.717, 1.165) is 16.8 Å². The minimum Gasteiger partial charge on any atom is -0.386 e. The minimum atomic E-state index is 0.272. The second-order valence-electron chi connectivity index (χ2n) is 2.98. The average Bonchev–Trinajstić information content (AvgIpc) is 2.11. The zero-order valence-electron chi connectivity index (χ0n) is 7.84. The topological polar surface area (TPSA) is 38.4 Å². The number of halogens is 1. The number of nitrogens with zero attached hydrogens (tertiary/aromatic N) is 1. The van der Waals surface area contributed by atoms with Crippen molar-refractivity contribution >= 4 is 23.1 Å². The Morgan fingerprint density at radius 3 is 2.38 bits per heavy atom. The van der Waals surface area contributed by atoms with Gasteiger partial charge < -0.3 is 5.73 Å². The fourth-order valence-electron chi connectivity index (χ4n) is 1.16. The van der Waals surface area contributed by atoms with E-state index in [4.69, 9.17) is 17.3 Å². The Hall–Kier alpha value is -1.02. The van der Waals surface area contributed by atoms with E-state index < -0.39 is 0 Å². The molecule has 3 heteroatoms. The van der Waals surface area contributed by atoms with Crippen LogP contribution in [0, 0.1) is 13.8 Å². The summed E-state index contributed by atoms with van der Waals surface area (Å²) in [5.41, 5.74) is 8.73. The van der Waals surface area contributed by atoms with Gasteiger partial charge in [-0.2, -0.15) is 0 Å². The second-order valence-corrected chi connectivity index (χ2v) is 3.24. The van der Waals surface area contributed by atoms with Crippen LogP contribution < -0.4 is 5.73 Å². The molecule has 0 spiro atoms. The van der Waals surface area contributed by atoms with E-state index in [2.05, 4.69) is 4.99 Å². The highest BCUT2D eigenvalue weighted by atomic mass is 35.5. The van der Waals surface area contributed by atoms with Gasteiger partial charge >= 0.3 is 0 Å². The Kier molecular flexibility index (Phi) is 3.32. The molecular formula is C10H13ClN2. The van der Waals surface area contributed by atoms with Gasteiger partial charge in [-0.1, -0.05) is 18.2 Å². The van der Waals surface area contributed by atoms with Crippen LogP contribution in [0.1, 0.15) is 11.1 Å². The molecule has 13 heavy (non-hydrogen) atoms. The number of aryl methyl sites for hydroxylation is 2. The molecule has 0 bridgehead atoms. The number of nitrogens with two attached hydrogens (primary N) is 1. The van der Waals surface area contributed by atoms with Gasteiger partial charge in [0.05, 0.1) is 11.6 Å². The molecule has 0 saturated carbocycles. The molecule has 0 fully saturated rings. The van der Waals surface area contributed by atoms with Crippen molar-refractivity contribution in [1.82, 2.24) is 0 Å². The van der Waals surface area contributed by atoms with Crippen LogP contribution in [0.4, 0.5) is 5.69 Å². The Labute approximate surface area is 83.4 Å². The van der Waals surface area contributed by atoms with E-state index in [-0.39, 0.29) is 5.88 Å². The predicted molar refractivity (Wildman–Crippen MR) is 57.9 cm³/mol. The van der Waals surface area contributed by atoms with Crippen LogP contribution in [0.25, 0.3) is 0 Å². The van der Waals surface area contributed by atoms with Crippen LogP contribution in [-0.2, 0) is 0 Å². The van der Waals surface area contributed by atoms with Crippen LogP contribution in [0.3, 0.4) is 0 Å². The predicted octanol–water partition coefficient (Wildman–Crippen LogP) is 2.53. The molecule has 2 nitrogen and oxygen atoms in total. The number of amidine groups is 1. The standard InChI is InChI=1S/C10H13ClN2/c1-7-4-3-5-8(2)10(7)13-9(12)6-11/h3-5H,6H2,1-2H3,(H2,12,13). The molecule has 0 radical (unpaired) electrons. The maximum Gasteiger partial charge on any atom is 0.115 e. The van der Waals surface area contributed by atoms with Gasteiger partial charge in [0.15, 0.2) is 0 Å². The number of para-hydroxylation sites is 1. The summed E-state index contributed by atoms with van der Waals surface area (Å²) in [5.74, 6) is 0.729. The third-order valence-corrected chi connectivity index (χ3v) is 2.11. The van der Waals surface area contributed by atoms with Gasteiger partial charge in [-0.3, -0.25) is 0 Å². The largest absolute Gasteiger partial charge is 0.386 e. The van der Waals surface area contributed by atoms with Crippen molar-refractivity contribution in [3.8, 4) is 0 Å². The fourth-order valence-corrected chi connectivity index (χ4v) is 1.22. The third-order valence-electron chi connectivity index (χ3n) is 1.83. The molecule has 0 saturated heterocycles. The lowest BCUT2D eigenvalue weighted by Gasteiger charge is -2.04. The summed E-state index contributed by atoms with van der Waals surface area (Å²) in [7, 11) is 0. The van der Waals surface area contributed by atoms with E-state index in [1.165, 1.54) is 0 Å². The van der Waals surface area contributed by atoms with Crippen molar-refractivity contribution in [2.75, 3.05) is 5.88 Å². The van der Waals surface area contributed by atoms with Crippen molar-refractivity contribution in [1.29, 1.82) is 0 Å². The van der Waals surface area contributed by atoms with Crippen molar-refractivity contribution in [3.63, 3.8) is 0 Å². The number of rotatable bonds is 2. The summed E-state index contributed by atoms with van der Waals surface area (Å²) in [6.45, 7) is 4.01. The summed E-state index contributed by atoms with van der Waals surface area (Å²) >= 11 is 5.55. The van der Waals surface area contributed by atoms with Gasteiger partial charge in [-0.15, -0.1) is 11.6 Å². The van der Waals surface area contributed by atoms with Crippen LogP contribution in [0.5, 0.6) is 0 Å². The summed E-state index contributed by atoms with van der Waals surface area (Å²) in [6, 6.07) is 6.02. The lowest BCUT2D eigenvalue weighted by atomic mass is 10.1. The van der Waals surface area contributed by atoms with Crippen LogP contribution in [0.15, 0.2) is 23.2 Å². The molecular weight excluding hydrogens is 184 g/mol. The first kappa shape index (κ1) is 10.1. The van der Waals surface area contributed by atoms with Crippen molar-refractivity contribution in [2.24, 2.45) is 10.7 Å². The molecule has 0 aliphatic rings. The van der Waals surface area contributed by atoms with Gasteiger partial charge in [-0.25, -0.2) is 4.99 Å². The molecule has 0 aliphatic carbocycles. The Bertz CT molecular complexity index is 311. The van der Waals surface area contributed by atoms with Crippen LogP contribution in [0.2, 0.25) is 0 Å². The molecule has 0 aromatic heterocycles. The highest BCUT2D eigenvalue weighted by molar-refractivity contribution is 6.28. The Morgan fingerprint density at radius 2 is 1.92 bits per heavy atom. The summed E-state index contributed by atoms with van der Waals surface area (Å²) in [4.78, 5) is 4.24. The van der Waals surface area contributed by atoms with Crippen LogP contribution in [-0.4, -0.2) is 11.7 Å². The van der Waals surface area contributed by atoms with Crippen LogP contribution >= 0.6 is 11.6 Å². The quantitative estimate of drug-likeness (QED) is 0.441. The number of aliphatic imine (C=N–C) groups is 1. The molecule has 0 unspecified atom stereocenters. The lowest BCUT2D eigenvalue weighted by molar-refractivity contribution is 1.31. The van der Waals surface area contributed by atoms with Gasteiger partial charge in [0.1, 0.15) is 5.84 Å². The summed E-state index contributed by atoms with van der Waals surface area (Å²) < 4.78 is 0. The molecule has 2 N–H and O–H groups in total. The summed E-state index contributed by atoms with van der Waals surface area (Å²) in [5, 5.41) is 0. The SMILES string of the molecule is Cc1cccc(C)c1N=C(N)CCl. The van der Waals surface area contributed by atoms with Crippen molar-refractivity contribution in [3.05, 3.63) is 29.3 Å². The molecule has 0 aliphatic heterocycles. The van der Waals surface area contributed by atoms with Gasteiger partial charge in [-0.05, 0) is 25.0 Å². The first-order chi connectivity index (χ1) is 6.15. The maximum absolute atomic E-state index is 5.56. The van der Waals surface area contributed by atoms with Gasteiger partial charge in [0.25, 0.3) is 0 Å². The first-order valence-corrected chi connectivity index (χ1v) is 4.64. The van der Waals surface area contributed by atoms with Crippen molar-refractivity contribution in [2.45, 2.75) is 13.8 Å². The number of hydrogen-bond donors (Lipinski definition) is 1. The van der Waals surface area contributed by atoms with Gasteiger partial charge in [0, 0.05) is 0 Å². The smallest absolute Gasteiger partial charge is 0.115 e. The maximum atomic E-state index is 5.56. The van der Waals surface area contributed by atoms with Gasteiger partial charge in [0.2, 0.25) is 0 Å². The van der Waals surface area contributed by atoms with E-state index in [1.807, 2.05) is 32.0 Å². The summed E-state index contributed by atoms with van der Waals surface area (Å²) in [6.07, 6.45) is 0. The number of benzene rings is 1. The van der Waals surface area contributed by atoms with E-state index >= 15 is 0 Å². The van der Waals surface area contributed by atoms with E-state index in [9.17, 15) is 0 Å². The lowest BCUT2D eigenvalue weighted by Crippen LogP contribution is -2.12. The first-order valence-electron chi connectivity index (χ1n) is 4.10. The molecule has 70 valence electrons.